The van der Waals surface area contributed by atoms with Crippen molar-refractivity contribution in [2.75, 3.05) is 11.9 Å². The van der Waals surface area contributed by atoms with Gasteiger partial charge in [0.15, 0.2) is 14.6 Å². The van der Waals surface area contributed by atoms with Crippen LogP contribution in [0.5, 0.6) is 0 Å². The van der Waals surface area contributed by atoms with E-state index >= 15 is 0 Å². The number of hydrogen-bond acceptors (Lipinski definition) is 6. The summed E-state index contributed by atoms with van der Waals surface area (Å²) in [7, 11) is -2.25. The minimum absolute atomic E-state index is 0.0684. The van der Waals surface area contributed by atoms with Gasteiger partial charge in [-0.2, -0.15) is 5.26 Å². The van der Waals surface area contributed by atoms with Crippen LogP contribution in [0.3, 0.4) is 0 Å². The van der Waals surface area contributed by atoms with E-state index in [2.05, 4.69) is 6.07 Å². The van der Waals surface area contributed by atoms with E-state index in [1.165, 1.54) is 12.1 Å². The smallest absolute Gasteiger partial charge is 0.269 e. The molecule has 1 atom stereocenters. The van der Waals surface area contributed by atoms with Crippen LogP contribution in [-0.4, -0.2) is 30.7 Å². The zero-order chi connectivity index (χ0) is 22.4. The Balaban J connectivity index is 2.00. The lowest BCUT2D eigenvalue weighted by molar-refractivity contribution is -0.384. The summed E-state index contributed by atoms with van der Waals surface area (Å²) in [6, 6.07) is 13.4. The first-order chi connectivity index (χ1) is 14.7. The first-order valence-electron chi connectivity index (χ1n) is 10.4. The van der Waals surface area contributed by atoms with Crippen molar-refractivity contribution >= 4 is 21.2 Å². The highest BCUT2D eigenvalue weighted by atomic mass is 32.2. The third-order valence-electron chi connectivity index (χ3n) is 7.12. The molecular formula is C23H25N3O4S. The van der Waals surface area contributed by atoms with Gasteiger partial charge >= 0.3 is 0 Å². The zero-order valence-electron chi connectivity index (χ0n) is 17.7. The first kappa shape index (κ1) is 21.3. The van der Waals surface area contributed by atoms with Gasteiger partial charge in [-0.1, -0.05) is 37.0 Å². The van der Waals surface area contributed by atoms with E-state index in [9.17, 15) is 23.8 Å². The molecule has 0 saturated heterocycles. The largest absolute Gasteiger partial charge is 0.366 e. The molecule has 0 bridgehead atoms. The molecule has 2 aromatic rings. The average Bonchev–Trinajstić information content (AvgIpc) is 2.76. The summed E-state index contributed by atoms with van der Waals surface area (Å²) in [4.78, 5) is 12.9. The Hall–Kier alpha value is -2.92. The molecule has 1 fully saturated rings. The molecule has 1 aliphatic heterocycles. The van der Waals surface area contributed by atoms with Gasteiger partial charge in [-0.25, -0.2) is 8.42 Å². The number of anilines is 1. The van der Waals surface area contributed by atoms with Gasteiger partial charge in [0.2, 0.25) is 0 Å². The van der Waals surface area contributed by atoms with Crippen molar-refractivity contribution in [3.63, 3.8) is 0 Å². The SMILES string of the molecule is Cc1ccc(S(=O)(=O)[C@@]2(C#N)Cc3cc([N+](=O)[O-])ccc3N(C)C23CCCCC3)cc1. The van der Waals surface area contributed by atoms with Crippen molar-refractivity contribution in [2.24, 2.45) is 0 Å². The van der Waals surface area contributed by atoms with E-state index < -0.39 is 25.0 Å². The second-order valence-electron chi connectivity index (χ2n) is 8.65. The number of sulfone groups is 1. The summed E-state index contributed by atoms with van der Waals surface area (Å²) >= 11 is 0. The van der Waals surface area contributed by atoms with Crippen LogP contribution in [0.1, 0.15) is 43.2 Å². The molecular weight excluding hydrogens is 414 g/mol. The third kappa shape index (κ3) is 2.94. The standard InChI is InChI=1S/C23H25N3O4S/c1-17-6-9-20(10-7-17)31(29,30)23(16-24)15-18-14-19(26(27)28)8-11-21(18)25(2)22(23)12-4-3-5-13-22/h6-11,14H,3-5,12-13,15H2,1-2H3/t23-/m1/s1. The Kier molecular flexibility index (Phi) is 5.05. The minimum atomic E-state index is -4.08. The Bertz CT molecular complexity index is 1180. The number of non-ortho nitro benzene ring substituents is 1. The normalized spacial score (nSPS) is 22.5. The second kappa shape index (κ2) is 7.34. The molecule has 2 aliphatic rings. The molecule has 1 saturated carbocycles. The highest BCUT2D eigenvalue weighted by molar-refractivity contribution is 7.93. The lowest BCUT2D eigenvalue weighted by Gasteiger charge is -2.57. The van der Waals surface area contributed by atoms with Crippen molar-refractivity contribution in [2.45, 2.75) is 60.6 Å². The number of rotatable bonds is 3. The summed E-state index contributed by atoms with van der Waals surface area (Å²) in [5.41, 5.74) is 1.21. The molecule has 0 radical (unpaired) electrons. The number of benzene rings is 2. The van der Waals surface area contributed by atoms with E-state index in [0.717, 1.165) is 30.5 Å². The van der Waals surface area contributed by atoms with Gasteiger partial charge in [0.25, 0.3) is 5.69 Å². The molecule has 0 N–H and O–H groups in total. The van der Waals surface area contributed by atoms with Gasteiger partial charge in [0, 0.05) is 31.3 Å². The number of hydrogen-bond donors (Lipinski definition) is 0. The maximum absolute atomic E-state index is 14.1. The molecule has 0 amide bonds. The molecule has 1 spiro atoms. The summed E-state index contributed by atoms with van der Waals surface area (Å²) in [6.45, 7) is 1.88. The minimum Gasteiger partial charge on any atom is -0.366 e. The highest BCUT2D eigenvalue weighted by Crippen LogP contribution is 2.54. The molecule has 8 heteroatoms. The van der Waals surface area contributed by atoms with E-state index in [-0.39, 0.29) is 17.0 Å². The van der Waals surface area contributed by atoms with E-state index in [1.807, 2.05) is 18.9 Å². The number of nitriles is 1. The fourth-order valence-electron chi connectivity index (χ4n) is 5.43. The van der Waals surface area contributed by atoms with Crippen LogP contribution in [0.15, 0.2) is 47.4 Å². The van der Waals surface area contributed by atoms with Crippen LogP contribution in [0.4, 0.5) is 11.4 Å². The summed E-state index contributed by atoms with van der Waals surface area (Å²) in [5, 5.41) is 21.9. The molecule has 0 aromatic heterocycles. The number of nitro benzene ring substituents is 1. The predicted molar refractivity (Wildman–Crippen MR) is 118 cm³/mol. The molecule has 1 aliphatic carbocycles. The van der Waals surface area contributed by atoms with Crippen molar-refractivity contribution in [3.05, 3.63) is 63.7 Å². The maximum atomic E-state index is 14.1. The van der Waals surface area contributed by atoms with Crippen LogP contribution in [0.25, 0.3) is 0 Å². The lowest BCUT2D eigenvalue weighted by atomic mass is 9.67. The van der Waals surface area contributed by atoms with Crippen molar-refractivity contribution in [1.82, 2.24) is 0 Å². The molecule has 0 unspecified atom stereocenters. The fraction of sp³-hybridized carbons (Fsp3) is 0.435. The fourth-order valence-corrected chi connectivity index (χ4v) is 7.64. The van der Waals surface area contributed by atoms with Gasteiger partial charge in [-0.05, 0) is 43.5 Å². The van der Waals surface area contributed by atoms with E-state index in [0.29, 0.717) is 18.4 Å². The molecule has 4 rings (SSSR count). The highest BCUT2D eigenvalue weighted by Gasteiger charge is 2.65. The van der Waals surface area contributed by atoms with Crippen molar-refractivity contribution in [3.8, 4) is 6.07 Å². The molecule has 2 aromatic carbocycles. The topological polar surface area (TPSA) is 104 Å². The number of fused-ring (bicyclic) bond motifs is 1. The zero-order valence-corrected chi connectivity index (χ0v) is 18.5. The predicted octanol–water partition coefficient (Wildman–Crippen LogP) is 4.33. The number of aryl methyl sites for hydroxylation is 1. The van der Waals surface area contributed by atoms with Crippen LogP contribution >= 0.6 is 0 Å². The van der Waals surface area contributed by atoms with Crippen LogP contribution in [-0.2, 0) is 16.3 Å². The van der Waals surface area contributed by atoms with E-state index in [4.69, 9.17) is 0 Å². The van der Waals surface area contributed by atoms with Crippen LogP contribution in [0.2, 0.25) is 0 Å². The van der Waals surface area contributed by atoms with Crippen LogP contribution in [0, 0.1) is 28.4 Å². The third-order valence-corrected chi connectivity index (χ3v) is 9.55. The average molecular weight is 440 g/mol. The molecule has 162 valence electrons. The molecule has 31 heavy (non-hydrogen) atoms. The van der Waals surface area contributed by atoms with Gasteiger partial charge in [0.05, 0.1) is 21.4 Å². The summed E-state index contributed by atoms with van der Waals surface area (Å²) in [5.74, 6) is 0. The summed E-state index contributed by atoms with van der Waals surface area (Å²) < 4.78 is 26.5. The Labute approximate surface area is 182 Å². The van der Waals surface area contributed by atoms with E-state index in [1.54, 1.807) is 30.3 Å². The first-order valence-corrected chi connectivity index (χ1v) is 11.9. The van der Waals surface area contributed by atoms with Crippen LogP contribution < -0.4 is 4.90 Å². The van der Waals surface area contributed by atoms with Crippen molar-refractivity contribution in [1.29, 1.82) is 5.26 Å². The quantitative estimate of drug-likeness (QED) is 0.521. The second-order valence-corrected chi connectivity index (χ2v) is 10.8. The Morgan fingerprint density at radius 2 is 1.74 bits per heavy atom. The van der Waals surface area contributed by atoms with Crippen molar-refractivity contribution < 1.29 is 13.3 Å². The Morgan fingerprint density at radius 1 is 1.10 bits per heavy atom. The molecule has 1 heterocycles. The van der Waals surface area contributed by atoms with Gasteiger partial charge in [-0.15, -0.1) is 0 Å². The summed E-state index contributed by atoms with van der Waals surface area (Å²) in [6.07, 6.45) is 3.76. The lowest BCUT2D eigenvalue weighted by Crippen LogP contribution is -2.70. The number of nitrogens with zero attached hydrogens (tertiary/aromatic N) is 3. The van der Waals surface area contributed by atoms with Gasteiger partial charge in [-0.3, -0.25) is 10.1 Å². The van der Waals surface area contributed by atoms with Gasteiger partial charge < -0.3 is 4.90 Å². The Morgan fingerprint density at radius 3 is 2.32 bits per heavy atom. The monoisotopic (exact) mass is 439 g/mol. The van der Waals surface area contributed by atoms with Gasteiger partial charge in [0.1, 0.15) is 0 Å². The number of nitro groups is 1. The maximum Gasteiger partial charge on any atom is 0.269 e. The molecule has 7 nitrogen and oxygen atoms in total.